The summed E-state index contributed by atoms with van der Waals surface area (Å²) in [7, 11) is 1.00. The molecule has 184 valence electrons. The lowest BCUT2D eigenvalue weighted by atomic mass is 9.87. The zero-order chi connectivity index (χ0) is 24.8. The van der Waals surface area contributed by atoms with Crippen LogP contribution in [-0.4, -0.2) is 30.8 Å². The number of aldehydes is 1. The largest absolute Gasteiger partial charge is 0.490 e. The Morgan fingerprint density at radius 3 is 2.24 bits per heavy atom. The van der Waals surface area contributed by atoms with Gasteiger partial charge in [-0.2, -0.15) is 26.3 Å². The van der Waals surface area contributed by atoms with Crippen molar-refractivity contribution in [2.24, 2.45) is 11.7 Å². The Kier molecular flexibility index (Phi) is 9.13. The standard InChI is InChI=1S/C22H23F6NO2.CH4O/c23-21(24,25)15-5-7-16(8-6-15)31-19-10-4-13-12-14(18(29)2-1-11-30)3-9-17(13)20(19)22(26,27)28;1-2/h3-4,9-12,15-16,18H,1-2,5-8,29H2;2H,1H3. The molecule has 1 unspecified atom stereocenters. The van der Waals surface area contributed by atoms with E-state index < -0.39 is 36.0 Å². The molecule has 3 N–H and O–H groups in total. The number of nitrogens with two attached hydrogens (primary N) is 1. The lowest BCUT2D eigenvalue weighted by molar-refractivity contribution is -0.185. The monoisotopic (exact) mass is 479 g/mol. The second-order valence-electron chi connectivity index (χ2n) is 7.90. The molecule has 0 saturated heterocycles. The van der Waals surface area contributed by atoms with Gasteiger partial charge < -0.3 is 20.4 Å². The van der Waals surface area contributed by atoms with Gasteiger partial charge in [-0.15, -0.1) is 0 Å². The first-order valence-corrected chi connectivity index (χ1v) is 10.5. The van der Waals surface area contributed by atoms with Gasteiger partial charge in [-0.05, 0) is 60.6 Å². The summed E-state index contributed by atoms with van der Waals surface area (Å²) in [6, 6.07) is 6.58. The van der Waals surface area contributed by atoms with Crippen LogP contribution in [0.2, 0.25) is 0 Å². The summed E-state index contributed by atoms with van der Waals surface area (Å²) >= 11 is 0. The predicted octanol–water partition coefficient (Wildman–Crippen LogP) is 5.95. The Balaban J connectivity index is 0.00000187. The van der Waals surface area contributed by atoms with E-state index in [-0.39, 0.29) is 43.2 Å². The maximum absolute atomic E-state index is 13.9. The highest BCUT2D eigenvalue weighted by Crippen LogP contribution is 2.44. The minimum absolute atomic E-state index is 0.0457. The zero-order valence-corrected chi connectivity index (χ0v) is 18.0. The Morgan fingerprint density at radius 2 is 1.70 bits per heavy atom. The normalized spacial score (nSPS) is 20.0. The fourth-order valence-electron chi connectivity index (χ4n) is 4.05. The van der Waals surface area contributed by atoms with Crippen molar-refractivity contribution in [1.29, 1.82) is 0 Å². The quantitative estimate of drug-likeness (QED) is 0.397. The van der Waals surface area contributed by atoms with E-state index in [9.17, 15) is 31.1 Å². The third kappa shape index (κ3) is 6.83. The van der Waals surface area contributed by atoms with Gasteiger partial charge in [0.25, 0.3) is 0 Å². The van der Waals surface area contributed by atoms with Gasteiger partial charge in [0.1, 0.15) is 17.6 Å². The molecular weight excluding hydrogens is 452 g/mol. The zero-order valence-electron chi connectivity index (χ0n) is 18.0. The van der Waals surface area contributed by atoms with Gasteiger partial charge >= 0.3 is 12.4 Å². The van der Waals surface area contributed by atoms with E-state index in [0.717, 1.165) is 13.4 Å². The molecule has 4 nitrogen and oxygen atoms in total. The smallest absolute Gasteiger partial charge is 0.420 e. The van der Waals surface area contributed by atoms with Crippen molar-refractivity contribution >= 4 is 17.1 Å². The Labute approximate surface area is 187 Å². The van der Waals surface area contributed by atoms with Gasteiger partial charge in [-0.1, -0.05) is 18.2 Å². The van der Waals surface area contributed by atoms with Crippen LogP contribution in [0.3, 0.4) is 0 Å². The van der Waals surface area contributed by atoms with E-state index in [0.29, 0.717) is 17.4 Å². The summed E-state index contributed by atoms with van der Waals surface area (Å²) in [6.45, 7) is 0. The topological polar surface area (TPSA) is 72.5 Å². The van der Waals surface area contributed by atoms with Crippen LogP contribution in [0.4, 0.5) is 26.3 Å². The first-order valence-electron chi connectivity index (χ1n) is 10.5. The molecule has 1 aliphatic carbocycles. The summed E-state index contributed by atoms with van der Waals surface area (Å²) in [5.74, 6) is -1.82. The van der Waals surface area contributed by atoms with Crippen molar-refractivity contribution in [3.63, 3.8) is 0 Å². The van der Waals surface area contributed by atoms with Gasteiger partial charge in [0.15, 0.2) is 0 Å². The van der Waals surface area contributed by atoms with Crippen molar-refractivity contribution in [1.82, 2.24) is 0 Å². The minimum Gasteiger partial charge on any atom is -0.490 e. The number of ether oxygens (including phenoxy) is 1. The van der Waals surface area contributed by atoms with E-state index in [1.165, 1.54) is 24.3 Å². The van der Waals surface area contributed by atoms with Crippen LogP contribution in [0, 0.1) is 5.92 Å². The molecule has 1 saturated carbocycles. The predicted molar refractivity (Wildman–Crippen MR) is 112 cm³/mol. The molecule has 2 aromatic rings. The summed E-state index contributed by atoms with van der Waals surface area (Å²) in [6.07, 6.45) is -8.58. The van der Waals surface area contributed by atoms with Crippen LogP contribution < -0.4 is 10.5 Å². The molecule has 33 heavy (non-hydrogen) atoms. The maximum atomic E-state index is 13.9. The van der Waals surface area contributed by atoms with Gasteiger partial charge in [0, 0.05) is 19.6 Å². The number of aliphatic hydroxyl groups excluding tert-OH is 1. The number of carbonyl (C=O) groups excluding carboxylic acids is 1. The van der Waals surface area contributed by atoms with Gasteiger partial charge in [0.05, 0.1) is 12.0 Å². The van der Waals surface area contributed by atoms with E-state index in [1.807, 2.05) is 0 Å². The number of benzene rings is 2. The van der Waals surface area contributed by atoms with Crippen molar-refractivity contribution in [3.05, 3.63) is 41.5 Å². The molecule has 10 heteroatoms. The number of carbonyl (C=O) groups is 1. The minimum atomic E-state index is -4.71. The Bertz CT molecular complexity index is 921. The van der Waals surface area contributed by atoms with E-state index in [1.54, 1.807) is 6.07 Å². The van der Waals surface area contributed by atoms with Crippen LogP contribution >= 0.6 is 0 Å². The molecule has 0 spiro atoms. The molecule has 0 radical (unpaired) electrons. The van der Waals surface area contributed by atoms with Gasteiger partial charge in [-0.25, -0.2) is 0 Å². The fourth-order valence-corrected chi connectivity index (χ4v) is 4.05. The highest BCUT2D eigenvalue weighted by Gasteiger charge is 2.42. The van der Waals surface area contributed by atoms with Crippen LogP contribution in [-0.2, 0) is 11.0 Å². The van der Waals surface area contributed by atoms with E-state index in [2.05, 4.69) is 0 Å². The first-order chi connectivity index (χ1) is 15.5. The van der Waals surface area contributed by atoms with Crippen LogP contribution in [0.25, 0.3) is 10.8 Å². The number of alkyl halides is 6. The average Bonchev–Trinajstić information content (AvgIpc) is 2.77. The van der Waals surface area contributed by atoms with Gasteiger partial charge in [-0.3, -0.25) is 0 Å². The molecule has 0 aliphatic heterocycles. The van der Waals surface area contributed by atoms with Gasteiger partial charge in [0.2, 0.25) is 0 Å². The molecular formula is C23H27F6NO3. The number of hydrogen-bond acceptors (Lipinski definition) is 4. The summed E-state index contributed by atoms with van der Waals surface area (Å²) in [5.41, 5.74) is 5.67. The van der Waals surface area contributed by atoms with Crippen LogP contribution in [0.5, 0.6) is 5.75 Å². The van der Waals surface area contributed by atoms with Crippen molar-refractivity contribution in [2.75, 3.05) is 7.11 Å². The SMILES string of the molecule is CO.NC(CCC=O)c1ccc2c(C(F)(F)F)c(OC3CCC(C(F)(F)F)CC3)ccc2c1. The maximum Gasteiger partial charge on any atom is 0.420 e. The average molecular weight is 479 g/mol. The molecule has 2 aromatic carbocycles. The summed E-state index contributed by atoms with van der Waals surface area (Å²) in [5, 5.41) is 7.25. The lowest BCUT2D eigenvalue weighted by Crippen LogP contribution is -2.32. The molecule has 0 aromatic heterocycles. The number of rotatable bonds is 6. The Morgan fingerprint density at radius 1 is 1.06 bits per heavy atom. The van der Waals surface area contributed by atoms with Crippen LogP contribution in [0.1, 0.15) is 55.7 Å². The lowest BCUT2D eigenvalue weighted by Gasteiger charge is -2.31. The van der Waals surface area contributed by atoms with E-state index in [4.69, 9.17) is 15.6 Å². The number of halogens is 6. The number of fused-ring (bicyclic) bond motifs is 1. The molecule has 0 bridgehead atoms. The van der Waals surface area contributed by atoms with Crippen molar-refractivity contribution in [2.45, 2.75) is 63.0 Å². The fraction of sp³-hybridized carbons (Fsp3) is 0.522. The summed E-state index contributed by atoms with van der Waals surface area (Å²) < 4.78 is 85.7. The summed E-state index contributed by atoms with van der Waals surface area (Å²) in [4.78, 5) is 10.5. The molecule has 0 amide bonds. The second-order valence-corrected chi connectivity index (χ2v) is 7.90. The third-order valence-electron chi connectivity index (χ3n) is 5.74. The molecule has 0 heterocycles. The molecule has 3 rings (SSSR count). The first kappa shape index (κ1) is 26.9. The molecule has 1 atom stereocenters. The van der Waals surface area contributed by atoms with Crippen LogP contribution in [0.15, 0.2) is 30.3 Å². The second kappa shape index (κ2) is 11.2. The number of aliphatic hydroxyl groups is 1. The molecule has 1 aliphatic rings. The number of hydrogen-bond donors (Lipinski definition) is 2. The Hall–Kier alpha value is -2.33. The molecule has 1 fully saturated rings. The van der Waals surface area contributed by atoms with Crippen molar-refractivity contribution in [3.8, 4) is 5.75 Å². The van der Waals surface area contributed by atoms with E-state index >= 15 is 0 Å². The highest BCUT2D eigenvalue weighted by atomic mass is 19.4. The van der Waals surface area contributed by atoms with Crippen molar-refractivity contribution < 1.29 is 41.0 Å². The third-order valence-corrected chi connectivity index (χ3v) is 5.74. The highest BCUT2D eigenvalue weighted by molar-refractivity contribution is 5.89.